The number of nitrogens with one attached hydrogen (secondary N) is 1. The number of aldehydes is 1. The molecular weight excluding hydrogens is 368 g/mol. The third-order valence-electron chi connectivity index (χ3n) is 5.52. The molecule has 5 rings (SSSR count). The van der Waals surface area contributed by atoms with Crippen molar-refractivity contribution in [2.75, 3.05) is 38.3 Å². The molecule has 0 bridgehead atoms. The van der Waals surface area contributed by atoms with Crippen LogP contribution in [-0.2, 0) is 4.74 Å². The Labute approximate surface area is 159 Å². The van der Waals surface area contributed by atoms with Crippen molar-refractivity contribution in [3.05, 3.63) is 41.6 Å². The predicted molar refractivity (Wildman–Crippen MR) is 98.9 cm³/mol. The van der Waals surface area contributed by atoms with E-state index in [2.05, 4.69) is 14.9 Å². The van der Waals surface area contributed by atoms with Gasteiger partial charge in [0.05, 0.1) is 42.4 Å². The number of carbonyl (C=O) groups is 1. The average molecular weight is 385 g/mol. The van der Waals surface area contributed by atoms with E-state index in [-0.39, 0.29) is 38.9 Å². The molecule has 6 nitrogen and oxygen atoms in total. The molecule has 2 aliphatic heterocycles. The molecule has 2 saturated heterocycles. The van der Waals surface area contributed by atoms with Crippen LogP contribution in [0.15, 0.2) is 24.4 Å². The highest BCUT2D eigenvalue weighted by Crippen LogP contribution is 2.42. The van der Waals surface area contributed by atoms with E-state index >= 15 is 4.39 Å². The van der Waals surface area contributed by atoms with E-state index in [0.717, 1.165) is 26.3 Å². The topological polar surface area (TPSA) is 67.5 Å². The molecule has 0 amide bonds. The second-order valence-corrected chi connectivity index (χ2v) is 7.41. The summed E-state index contributed by atoms with van der Waals surface area (Å²) in [4.78, 5) is 20.5. The van der Waals surface area contributed by atoms with Crippen LogP contribution in [-0.4, -0.2) is 49.7 Å². The van der Waals surface area contributed by atoms with Gasteiger partial charge in [-0.1, -0.05) is 0 Å². The SMILES string of the molecule is COc1nc(N2CC3(COC3)C2)ccc1-c1c(F)cc2[nH]cc(C=O)c2c1F. The standard InChI is InChI=1S/C20H17F2N3O3/c1-27-19-12(2-3-15(24-19)25-7-20(8-25)9-28-10-20)17-13(21)4-14-16(18(17)22)11(6-26)5-23-14/h2-6,23H,7-10H2,1H3. The summed E-state index contributed by atoms with van der Waals surface area (Å²) < 4.78 is 40.5. The van der Waals surface area contributed by atoms with E-state index in [1.54, 1.807) is 12.1 Å². The number of methoxy groups -OCH3 is 1. The van der Waals surface area contributed by atoms with Crippen LogP contribution in [0.2, 0.25) is 0 Å². The molecule has 2 aliphatic rings. The Hall–Kier alpha value is -3.00. The van der Waals surface area contributed by atoms with Crippen LogP contribution < -0.4 is 9.64 Å². The highest BCUT2D eigenvalue weighted by molar-refractivity contribution is 6.00. The van der Waals surface area contributed by atoms with E-state index < -0.39 is 11.6 Å². The van der Waals surface area contributed by atoms with Crippen molar-refractivity contribution in [3.8, 4) is 17.0 Å². The lowest BCUT2D eigenvalue weighted by Gasteiger charge is -2.55. The van der Waals surface area contributed by atoms with E-state index in [0.29, 0.717) is 12.1 Å². The summed E-state index contributed by atoms with van der Waals surface area (Å²) in [7, 11) is 1.41. The van der Waals surface area contributed by atoms with Crippen LogP contribution in [0, 0.1) is 17.0 Å². The molecule has 2 aromatic heterocycles. The Morgan fingerprint density at radius 1 is 1.32 bits per heavy atom. The second-order valence-electron chi connectivity index (χ2n) is 7.41. The molecule has 1 spiro atoms. The summed E-state index contributed by atoms with van der Waals surface area (Å²) in [5.41, 5.74) is 0.502. The Balaban J connectivity index is 1.58. The molecule has 8 heteroatoms. The van der Waals surface area contributed by atoms with Crippen molar-refractivity contribution in [1.82, 2.24) is 9.97 Å². The molecule has 1 aromatic carbocycles. The van der Waals surface area contributed by atoms with Gasteiger partial charge in [-0.15, -0.1) is 0 Å². The number of rotatable bonds is 4. The number of benzene rings is 1. The monoisotopic (exact) mass is 385 g/mol. The maximum atomic E-state index is 15.2. The predicted octanol–water partition coefficient (Wildman–Crippen LogP) is 3.17. The molecular formula is C20H17F2N3O3. The van der Waals surface area contributed by atoms with Gasteiger partial charge in [-0.3, -0.25) is 4.79 Å². The van der Waals surface area contributed by atoms with Gasteiger partial charge in [-0.2, -0.15) is 4.98 Å². The van der Waals surface area contributed by atoms with E-state index in [4.69, 9.17) is 9.47 Å². The van der Waals surface area contributed by atoms with Gasteiger partial charge in [-0.25, -0.2) is 8.78 Å². The van der Waals surface area contributed by atoms with Crippen LogP contribution >= 0.6 is 0 Å². The number of aromatic nitrogens is 2. The first-order valence-corrected chi connectivity index (χ1v) is 8.87. The fraction of sp³-hybridized carbons (Fsp3) is 0.300. The minimum atomic E-state index is -0.819. The zero-order chi connectivity index (χ0) is 19.5. The summed E-state index contributed by atoms with van der Waals surface area (Å²) >= 11 is 0. The normalized spacial score (nSPS) is 17.5. The fourth-order valence-corrected chi connectivity index (χ4v) is 4.03. The summed E-state index contributed by atoms with van der Waals surface area (Å²) in [6.07, 6.45) is 1.89. The van der Waals surface area contributed by atoms with Crippen molar-refractivity contribution < 1.29 is 23.0 Å². The van der Waals surface area contributed by atoms with Crippen molar-refractivity contribution in [2.45, 2.75) is 0 Å². The first-order chi connectivity index (χ1) is 13.5. The van der Waals surface area contributed by atoms with Crippen molar-refractivity contribution in [2.24, 2.45) is 5.41 Å². The number of anilines is 1. The fourth-order valence-electron chi connectivity index (χ4n) is 4.03. The van der Waals surface area contributed by atoms with Crippen LogP contribution in [0.1, 0.15) is 10.4 Å². The minimum Gasteiger partial charge on any atom is -0.480 e. The lowest BCUT2D eigenvalue weighted by atomic mass is 9.78. The number of fused-ring (bicyclic) bond motifs is 1. The van der Waals surface area contributed by atoms with Crippen LogP contribution in [0.3, 0.4) is 0 Å². The van der Waals surface area contributed by atoms with E-state index in [9.17, 15) is 9.18 Å². The van der Waals surface area contributed by atoms with E-state index in [1.165, 1.54) is 19.4 Å². The zero-order valence-electron chi connectivity index (χ0n) is 15.1. The molecule has 28 heavy (non-hydrogen) atoms. The number of carbonyl (C=O) groups excluding carboxylic acids is 1. The first-order valence-electron chi connectivity index (χ1n) is 8.87. The molecule has 0 saturated carbocycles. The van der Waals surface area contributed by atoms with Gasteiger partial charge in [0.1, 0.15) is 17.5 Å². The third kappa shape index (κ3) is 2.34. The van der Waals surface area contributed by atoms with Gasteiger partial charge in [0.2, 0.25) is 5.88 Å². The Morgan fingerprint density at radius 3 is 2.75 bits per heavy atom. The first kappa shape index (κ1) is 17.1. The van der Waals surface area contributed by atoms with Gasteiger partial charge in [0, 0.05) is 30.2 Å². The number of pyridine rings is 1. The van der Waals surface area contributed by atoms with Crippen molar-refractivity contribution in [1.29, 1.82) is 0 Å². The highest BCUT2D eigenvalue weighted by atomic mass is 19.1. The number of H-pyrrole nitrogens is 1. The second kappa shape index (κ2) is 6.00. The molecule has 0 radical (unpaired) electrons. The van der Waals surface area contributed by atoms with Crippen LogP contribution in [0.5, 0.6) is 5.88 Å². The molecule has 144 valence electrons. The summed E-state index contributed by atoms with van der Waals surface area (Å²) in [6, 6.07) is 4.50. The summed E-state index contributed by atoms with van der Waals surface area (Å²) in [6.45, 7) is 3.18. The molecule has 2 fully saturated rings. The number of ether oxygens (including phenoxy) is 2. The maximum absolute atomic E-state index is 15.2. The van der Waals surface area contributed by atoms with Crippen molar-refractivity contribution >= 4 is 23.0 Å². The smallest absolute Gasteiger partial charge is 0.223 e. The average Bonchev–Trinajstić information content (AvgIpc) is 3.03. The van der Waals surface area contributed by atoms with Gasteiger partial charge in [0.15, 0.2) is 6.29 Å². The number of hydrogen-bond donors (Lipinski definition) is 1. The largest absolute Gasteiger partial charge is 0.480 e. The molecule has 3 aromatic rings. The lowest BCUT2D eigenvalue weighted by Crippen LogP contribution is -2.66. The van der Waals surface area contributed by atoms with Gasteiger partial charge >= 0.3 is 0 Å². The molecule has 0 unspecified atom stereocenters. The number of nitrogens with zero attached hydrogens (tertiary/aromatic N) is 2. The van der Waals surface area contributed by atoms with Gasteiger partial charge in [0.25, 0.3) is 0 Å². The molecule has 0 aliphatic carbocycles. The molecule has 1 N–H and O–H groups in total. The summed E-state index contributed by atoms with van der Waals surface area (Å²) in [5, 5.41) is 0.0483. The van der Waals surface area contributed by atoms with E-state index in [1.807, 2.05) is 0 Å². The maximum Gasteiger partial charge on any atom is 0.223 e. The minimum absolute atomic E-state index is 0.0483. The van der Waals surface area contributed by atoms with Gasteiger partial charge in [-0.05, 0) is 18.2 Å². The van der Waals surface area contributed by atoms with Gasteiger partial charge < -0.3 is 19.4 Å². The summed E-state index contributed by atoms with van der Waals surface area (Å²) in [5.74, 6) is -0.758. The Morgan fingerprint density at radius 2 is 2.11 bits per heavy atom. The Kier molecular flexibility index (Phi) is 3.67. The van der Waals surface area contributed by atoms with Crippen LogP contribution in [0.25, 0.3) is 22.0 Å². The highest BCUT2D eigenvalue weighted by Gasteiger charge is 2.49. The third-order valence-corrected chi connectivity index (χ3v) is 5.52. The molecule has 0 atom stereocenters. The van der Waals surface area contributed by atoms with Crippen molar-refractivity contribution in [3.63, 3.8) is 0 Å². The number of halogens is 2. The quantitative estimate of drug-likeness (QED) is 0.699. The number of hydrogen-bond acceptors (Lipinski definition) is 5. The Bertz CT molecular complexity index is 1100. The zero-order valence-corrected chi connectivity index (χ0v) is 15.1. The number of aromatic amines is 1. The lowest BCUT2D eigenvalue weighted by molar-refractivity contribution is -0.127. The van der Waals surface area contributed by atoms with Crippen LogP contribution in [0.4, 0.5) is 14.6 Å². The molecule has 4 heterocycles.